The minimum atomic E-state index is 0.153. The number of aromatic amines is 1. The Morgan fingerprint density at radius 2 is 2.20 bits per heavy atom. The lowest BCUT2D eigenvalue weighted by atomic mass is 10.1. The van der Waals surface area contributed by atoms with E-state index in [1.165, 1.54) is 6.26 Å². The summed E-state index contributed by atoms with van der Waals surface area (Å²) >= 11 is 0. The van der Waals surface area contributed by atoms with Crippen molar-refractivity contribution >= 4 is 10.9 Å². The van der Waals surface area contributed by atoms with Crippen LogP contribution in [-0.2, 0) is 0 Å². The van der Waals surface area contributed by atoms with E-state index in [1.807, 2.05) is 18.2 Å². The summed E-state index contributed by atoms with van der Waals surface area (Å²) in [6, 6.07) is 7.35. The van der Waals surface area contributed by atoms with Crippen LogP contribution in [0.4, 0.5) is 0 Å². The molecule has 0 saturated carbocycles. The van der Waals surface area contributed by atoms with Crippen molar-refractivity contribution in [2.75, 3.05) is 0 Å². The Hall–Kier alpha value is -2.30. The number of aromatic hydroxyl groups is 1. The summed E-state index contributed by atoms with van der Waals surface area (Å²) in [6.45, 7) is 0. The Balaban J connectivity index is 2.21. The summed E-state index contributed by atoms with van der Waals surface area (Å²) in [5, 5.41) is 17.4. The van der Waals surface area contributed by atoms with Crippen LogP contribution in [0.25, 0.3) is 22.2 Å². The summed E-state index contributed by atoms with van der Waals surface area (Å²) < 4.78 is 4.67. The average Bonchev–Trinajstić information content (AvgIpc) is 2.82. The predicted molar refractivity (Wildman–Crippen MR) is 53.3 cm³/mol. The normalized spacial score (nSPS) is 10.9. The standard InChI is InChI=1S/C10H7N3O2/c14-10-4-7-2-1-6(3-8(7)11-10)9-5-15-13-12-9/h1-5,11,14H. The molecule has 0 atom stereocenters. The smallest absolute Gasteiger partial charge is 0.189 e. The molecule has 2 N–H and O–H groups in total. The second kappa shape index (κ2) is 2.84. The molecule has 0 aliphatic rings. The van der Waals surface area contributed by atoms with Gasteiger partial charge in [-0.05, 0) is 6.07 Å². The van der Waals surface area contributed by atoms with Crippen LogP contribution in [0.1, 0.15) is 0 Å². The van der Waals surface area contributed by atoms with E-state index in [9.17, 15) is 5.11 Å². The van der Waals surface area contributed by atoms with Gasteiger partial charge >= 0.3 is 0 Å². The van der Waals surface area contributed by atoms with Crippen LogP contribution < -0.4 is 0 Å². The molecule has 2 aromatic heterocycles. The molecule has 2 heterocycles. The quantitative estimate of drug-likeness (QED) is 0.630. The minimum absolute atomic E-state index is 0.153. The molecule has 3 aromatic rings. The molecule has 0 amide bonds. The third-order valence-electron chi connectivity index (χ3n) is 2.26. The fourth-order valence-electron chi connectivity index (χ4n) is 1.56. The van der Waals surface area contributed by atoms with Gasteiger partial charge in [-0.3, -0.25) is 0 Å². The Labute approximate surface area is 84.3 Å². The number of aromatic nitrogens is 3. The zero-order valence-corrected chi connectivity index (χ0v) is 7.64. The summed E-state index contributed by atoms with van der Waals surface area (Å²) in [7, 11) is 0. The molecule has 0 aliphatic heterocycles. The van der Waals surface area contributed by atoms with Gasteiger partial charge in [0, 0.05) is 27.8 Å². The molecule has 3 rings (SSSR count). The number of hydrogen-bond acceptors (Lipinski definition) is 4. The van der Waals surface area contributed by atoms with Crippen molar-refractivity contribution in [3.05, 3.63) is 30.5 Å². The first-order valence-corrected chi connectivity index (χ1v) is 4.42. The van der Waals surface area contributed by atoms with E-state index in [1.54, 1.807) is 6.07 Å². The van der Waals surface area contributed by atoms with Crippen molar-refractivity contribution in [3.63, 3.8) is 0 Å². The Morgan fingerprint density at radius 1 is 1.27 bits per heavy atom. The van der Waals surface area contributed by atoms with E-state index >= 15 is 0 Å². The summed E-state index contributed by atoms with van der Waals surface area (Å²) in [5.41, 5.74) is 2.42. The maximum atomic E-state index is 9.28. The van der Waals surface area contributed by atoms with Gasteiger partial charge < -0.3 is 14.6 Å². The first kappa shape index (κ1) is 8.05. The van der Waals surface area contributed by atoms with Crippen molar-refractivity contribution < 1.29 is 9.63 Å². The highest BCUT2D eigenvalue weighted by atomic mass is 16.5. The zero-order chi connectivity index (χ0) is 10.3. The number of H-pyrrole nitrogens is 1. The van der Waals surface area contributed by atoms with Gasteiger partial charge in [-0.1, -0.05) is 12.1 Å². The van der Waals surface area contributed by atoms with E-state index in [4.69, 9.17) is 0 Å². The molecule has 0 spiro atoms. The Kier molecular flexibility index (Phi) is 1.53. The fourth-order valence-corrected chi connectivity index (χ4v) is 1.56. The van der Waals surface area contributed by atoms with E-state index in [0.717, 1.165) is 16.5 Å². The molecule has 0 aliphatic carbocycles. The van der Waals surface area contributed by atoms with Gasteiger partial charge in [0.25, 0.3) is 0 Å². The third-order valence-corrected chi connectivity index (χ3v) is 2.26. The van der Waals surface area contributed by atoms with E-state index in [2.05, 4.69) is 19.9 Å². The topological polar surface area (TPSA) is 74.9 Å². The number of hydrogen-bond donors (Lipinski definition) is 2. The first-order valence-electron chi connectivity index (χ1n) is 4.42. The molecular weight excluding hydrogens is 194 g/mol. The monoisotopic (exact) mass is 201 g/mol. The zero-order valence-electron chi connectivity index (χ0n) is 7.64. The van der Waals surface area contributed by atoms with Gasteiger partial charge in [0.05, 0.1) is 0 Å². The number of benzene rings is 1. The van der Waals surface area contributed by atoms with Crippen LogP contribution in [0.2, 0.25) is 0 Å². The highest BCUT2D eigenvalue weighted by Crippen LogP contribution is 2.24. The van der Waals surface area contributed by atoms with Crippen LogP contribution in [0, 0.1) is 0 Å². The molecular formula is C10H7N3O2. The second-order valence-corrected chi connectivity index (χ2v) is 3.25. The molecule has 0 saturated heterocycles. The summed E-state index contributed by atoms with van der Waals surface area (Å²) in [5.74, 6) is 0.153. The molecule has 0 radical (unpaired) electrons. The first-order chi connectivity index (χ1) is 7.33. The van der Waals surface area contributed by atoms with Gasteiger partial charge in [0.15, 0.2) is 12.1 Å². The van der Waals surface area contributed by atoms with E-state index in [0.29, 0.717) is 5.69 Å². The van der Waals surface area contributed by atoms with E-state index < -0.39 is 0 Å². The largest absolute Gasteiger partial charge is 0.495 e. The highest BCUT2D eigenvalue weighted by Gasteiger charge is 2.05. The molecule has 5 nitrogen and oxygen atoms in total. The van der Waals surface area contributed by atoms with Crippen LogP contribution in [0.15, 0.2) is 35.1 Å². The van der Waals surface area contributed by atoms with Gasteiger partial charge in [-0.25, -0.2) is 0 Å². The maximum absolute atomic E-state index is 9.28. The lowest BCUT2D eigenvalue weighted by molar-refractivity contribution is 0.393. The average molecular weight is 201 g/mol. The van der Waals surface area contributed by atoms with Crippen LogP contribution in [0.5, 0.6) is 5.88 Å². The van der Waals surface area contributed by atoms with E-state index in [-0.39, 0.29) is 5.88 Å². The van der Waals surface area contributed by atoms with Crippen molar-refractivity contribution in [1.29, 1.82) is 0 Å². The van der Waals surface area contributed by atoms with Gasteiger partial charge in [-0.2, -0.15) is 0 Å². The highest BCUT2D eigenvalue weighted by molar-refractivity contribution is 5.85. The van der Waals surface area contributed by atoms with Crippen molar-refractivity contribution in [2.24, 2.45) is 0 Å². The molecule has 1 aromatic carbocycles. The SMILES string of the molecule is Oc1cc2ccc(-c3conn3)cc2[nH]1. The summed E-state index contributed by atoms with van der Waals surface area (Å²) in [6.07, 6.45) is 1.48. The third kappa shape index (κ3) is 1.25. The van der Waals surface area contributed by atoms with Gasteiger partial charge in [0.1, 0.15) is 5.69 Å². The molecule has 15 heavy (non-hydrogen) atoms. The fraction of sp³-hybridized carbons (Fsp3) is 0. The number of nitrogens with one attached hydrogen (secondary N) is 1. The molecule has 0 unspecified atom stereocenters. The number of fused-ring (bicyclic) bond motifs is 1. The van der Waals surface area contributed by atoms with Crippen molar-refractivity contribution in [1.82, 2.24) is 15.4 Å². The number of rotatable bonds is 1. The van der Waals surface area contributed by atoms with Gasteiger partial charge in [-0.15, -0.1) is 5.10 Å². The lowest BCUT2D eigenvalue weighted by Crippen LogP contribution is -1.77. The van der Waals surface area contributed by atoms with Crippen LogP contribution >= 0.6 is 0 Å². The lowest BCUT2D eigenvalue weighted by Gasteiger charge is -1.94. The summed E-state index contributed by atoms with van der Waals surface area (Å²) in [4.78, 5) is 2.84. The molecule has 0 fully saturated rings. The molecule has 74 valence electrons. The van der Waals surface area contributed by atoms with Crippen molar-refractivity contribution in [2.45, 2.75) is 0 Å². The number of nitrogens with zero attached hydrogens (tertiary/aromatic N) is 2. The second-order valence-electron chi connectivity index (χ2n) is 3.25. The van der Waals surface area contributed by atoms with Crippen LogP contribution in [-0.4, -0.2) is 20.5 Å². The Morgan fingerprint density at radius 3 is 3.00 bits per heavy atom. The Bertz CT molecular complexity index is 598. The molecule has 0 bridgehead atoms. The van der Waals surface area contributed by atoms with Crippen LogP contribution in [0.3, 0.4) is 0 Å². The predicted octanol–water partition coefficient (Wildman–Crippen LogP) is 1.92. The molecule has 5 heteroatoms. The minimum Gasteiger partial charge on any atom is -0.495 e. The van der Waals surface area contributed by atoms with Gasteiger partial charge in [0.2, 0.25) is 0 Å². The van der Waals surface area contributed by atoms with Crippen molar-refractivity contribution in [3.8, 4) is 17.1 Å². The maximum Gasteiger partial charge on any atom is 0.189 e.